The Morgan fingerprint density at radius 3 is 2.65 bits per heavy atom. The van der Waals surface area contributed by atoms with Crippen molar-refractivity contribution in [3.8, 4) is 0 Å². The van der Waals surface area contributed by atoms with Gasteiger partial charge in [0.2, 0.25) is 0 Å². The normalized spacial score (nSPS) is 24.5. The number of hydrogen-bond acceptors (Lipinski definition) is 5. The number of rotatable bonds is 13. The minimum absolute atomic E-state index is 0.191. The Hall–Kier alpha value is -1.17. The van der Waals surface area contributed by atoms with Gasteiger partial charge in [0.05, 0.1) is 31.5 Å². The maximum Gasteiger partial charge on any atom is 0.305 e. The van der Waals surface area contributed by atoms with Gasteiger partial charge in [-0.25, -0.2) is 0 Å². The Bertz CT molecular complexity index is 432. The Labute approximate surface area is 158 Å². The molecule has 26 heavy (non-hydrogen) atoms. The summed E-state index contributed by atoms with van der Waals surface area (Å²) in [5, 5.41) is 20.4. The second-order valence-electron chi connectivity index (χ2n) is 6.96. The highest BCUT2D eigenvalue weighted by Gasteiger charge is 2.36. The standard InChI is InChI=1S/C21H36O5/c1-3-4-5-6-7-10-13-17(22)20-16-18(23)19(26-20)14-11-8-9-12-15-21(24)25-2/h7-8,10-11,17-20,22-23H,3-6,9,12-16H2,1-2H3/b10-7-,11-8-/t17?,18?,19-,20+/m0/s1. The first kappa shape index (κ1) is 22.9. The first-order valence-corrected chi connectivity index (χ1v) is 9.96. The molecule has 150 valence electrons. The molecule has 2 N–H and O–H groups in total. The van der Waals surface area contributed by atoms with Crippen LogP contribution in [-0.2, 0) is 14.3 Å². The van der Waals surface area contributed by atoms with E-state index in [1.807, 2.05) is 18.2 Å². The van der Waals surface area contributed by atoms with E-state index in [9.17, 15) is 15.0 Å². The molecule has 0 radical (unpaired) electrons. The van der Waals surface area contributed by atoms with Gasteiger partial charge in [-0.1, -0.05) is 44.1 Å². The molecule has 1 aliphatic rings. The van der Waals surface area contributed by atoms with Gasteiger partial charge in [0.25, 0.3) is 0 Å². The van der Waals surface area contributed by atoms with Gasteiger partial charge < -0.3 is 19.7 Å². The topological polar surface area (TPSA) is 76.0 Å². The average molecular weight is 369 g/mol. The number of carbonyl (C=O) groups excluding carboxylic acids is 1. The maximum absolute atomic E-state index is 11.0. The van der Waals surface area contributed by atoms with Crippen LogP contribution in [0.15, 0.2) is 24.3 Å². The molecule has 5 heteroatoms. The van der Waals surface area contributed by atoms with Crippen molar-refractivity contribution < 1.29 is 24.5 Å². The van der Waals surface area contributed by atoms with Gasteiger partial charge in [0.1, 0.15) is 0 Å². The number of hydrogen-bond donors (Lipinski definition) is 2. The quantitative estimate of drug-likeness (QED) is 0.295. The summed E-state index contributed by atoms with van der Waals surface area (Å²) in [6.45, 7) is 2.18. The Kier molecular flexibility index (Phi) is 12.3. The van der Waals surface area contributed by atoms with Gasteiger partial charge in [-0.2, -0.15) is 0 Å². The summed E-state index contributed by atoms with van der Waals surface area (Å²) >= 11 is 0. The third-order valence-electron chi connectivity index (χ3n) is 4.71. The molecular weight excluding hydrogens is 332 g/mol. The van der Waals surface area contributed by atoms with E-state index < -0.39 is 12.2 Å². The molecular formula is C21H36O5. The van der Waals surface area contributed by atoms with Crippen LogP contribution in [0.4, 0.5) is 0 Å². The third kappa shape index (κ3) is 9.51. The SMILES string of the molecule is CCCCC/C=C\CC(O)[C@H]1CC(O)[C@H](C/C=C\CCCC(=O)OC)O1. The monoisotopic (exact) mass is 368 g/mol. The molecule has 1 rings (SSSR count). The van der Waals surface area contributed by atoms with Crippen molar-refractivity contribution in [1.29, 1.82) is 0 Å². The van der Waals surface area contributed by atoms with Crippen molar-refractivity contribution in [2.45, 2.75) is 95.5 Å². The molecule has 1 heterocycles. The lowest BCUT2D eigenvalue weighted by Gasteiger charge is -2.17. The Morgan fingerprint density at radius 1 is 1.19 bits per heavy atom. The molecule has 0 amide bonds. The lowest BCUT2D eigenvalue weighted by molar-refractivity contribution is -0.140. The maximum atomic E-state index is 11.0. The predicted octanol–water partition coefficient (Wildman–Crippen LogP) is 3.68. The van der Waals surface area contributed by atoms with E-state index in [1.54, 1.807) is 0 Å². The number of carbonyl (C=O) groups is 1. The van der Waals surface area contributed by atoms with Crippen molar-refractivity contribution >= 4 is 5.97 Å². The average Bonchev–Trinajstić information content (AvgIpc) is 3.01. The Balaban J connectivity index is 2.21. The van der Waals surface area contributed by atoms with Gasteiger partial charge in [-0.05, 0) is 38.5 Å². The van der Waals surface area contributed by atoms with Gasteiger partial charge >= 0.3 is 5.97 Å². The van der Waals surface area contributed by atoms with E-state index in [0.717, 1.165) is 19.3 Å². The van der Waals surface area contributed by atoms with Crippen LogP contribution in [0.3, 0.4) is 0 Å². The smallest absolute Gasteiger partial charge is 0.305 e. The molecule has 0 spiro atoms. The van der Waals surface area contributed by atoms with E-state index in [1.165, 1.54) is 26.4 Å². The summed E-state index contributed by atoms with van der Waals surface area (Å²) in [6, 6.07) is 0. The van der Waals surface area contributed by atoms with Crippen molar-refractivity contribution in [1.82, 2.24) is 0 Å². The summed E-state index contributed by atoms with van der Waals surface area (Å²) in [5.41, 5.74) is 0. The fourth-order valence-corrected chi connectivity index (χ4v) is 3.05. The zero-order valence-corrected chi connectivity index (χ0v) is 16.3. The summed E-state index contributed by atoms with van der Waals surface area (Å²) in [5.74, 6) is -0.191. The van der Waals surface area contributed by atoms with Crippen LogP contribution in [0.5, 0.6) is 0 Å². The Morgan fingerprint density at radius 2 is 1.92 bits per heavy atom. The van der Waals surface area contributed by atoms with Crippen LogP contribution < -0.4 is 0 Å². The summed E-state index contributed by atoms with van der Waals surface area (Å²) in [4.78, 5) is 11.0. The highest BCUT2D eigenvalue weighted by Crippen LogP contribution is 2.26. The number of esters is 1. The second kappa shape index (κ2) is 14.0. The van der Waals surface area contributed by atoms with E-state index in [4.69, 9.17) is 4.74 Å². The van der Waals surface area contributed by atoms with E-state index in [2.05, 4.69) is 17.7 Å². The van der Waals surface area contributed by atoms with Gasteiger partial charge in [-0.3, -0.25) is 4.79 Å². The van der Waals surface area contributed by atoms with Crippen molar-refractivity contribution in [3.05, 3.63) is 24.3 Å². The summed E-state index contributed by atoms with van der Waals surface area (Å²) in [7, 11) is 1.39. The molecule has 0 aromatic rings. The van der Waals surface area contributed by atoms with Crippen molar-refractivity contribution in [2.75, 3.05) is 7.11 Å². The van der Waals surface area contributed by atoms with Crippen molar-refractivity contribution in [2.24, 2.45) is 0 Å². The lowest BCUT2D eigenvalue weighted by Crippen LogP contribution is -2.25. The van der Waals surface area contributed by atoms with Gasteiger partial charge in [0, 0.05) is 12.8 Å². The van der Waals surface area contributed by atoms with Crippen LogP contribution in [0.25, 0.3) is 0 Å². The molecule has 0 aromatic carbocycles. The molecule has 1 saturated heterocycles. The molecule has 0 bridgehead atoms. The van der Waals surface area contributed by atoms with Crippen LogP contribution in [0, 0.1) is 0 Å². The number of unbranched alkanes of at least 4 members (excludes halogenated alkanes) is 4. The fraction of sp³-hybridized carbons (Fsp3) is 0.762. The first-order valence-electron chi connectivity index (χ1n) is 9.96. The van der Waals surface area contributed by atoms with Gasteiger partial charge in [-0.15, -0.1) is 0 Å². The van der Waals surface area contributed by atoms with E-state index in [0.29, 0.717) is 25.7 Å². The zero-order chi connectivity index (χ0) is 19.2. The van der Waals surface area contributed by atoms with E-state index in [-0.39, 0.29) is 18.2 Å². The molecule has 4 atom stereocenters. The minimum Gasteiger partial charge on any atom is -0.469 e. The molecule has 0 aliphatic carbocycles. The van der Waals surface area contributed by atoms with Gasteiger partial charge in [0.15, 0.2) is 0 Å². The first-order chi connectivity index (χ1) is 12.6. The van der Waals surface area contributed by atoms with Crippen LogP contribution in [-0.4, -0.2) is 47.7 Å². The summed E-state index contributed by atoms with van der Waals surface area (Å²) < 4.78 is 10.4. The molecule has 1 fully saturated rings. The van der Waals surface area contributed by atoms with Crippen LogP contribution in [0.1, 0.15) is 71.1 Å². The third-order valence-corrected chi connectivity index (χ3v) is 4.71. The number of aliphatic hydroxyl groups excluding tert-OH is 2. The number of methoxy groups -OCH3 is 1. The zero-order valence-electron chi connectivity index (χ0n) is 16.3. The minimum atomic E-state index is -0.568. The number of ether oxygens (including phenoxy) is 2. The summed E-state index contributed by atoms with van der Waals surface area (Å²) in [6.07, 6.45) is 14.8. The molecule has 5 nitrogen and oxygen atoms in total. The van der Waals surface area contributed by atoms with Crippen molar-refractivity contribution in [3.63, 3.8) is 0 Å². The highest BCUT2D eigenvalue weighted by atomic mass is 16.5. The predicted molar refractivity (Wildman–Crippen MR) is 103 cm³/mol. The fourth-order valence-electron chi connectivity index (χ4n) is 3.05. The second-order valence-corrected chi connectivity index (χ2v) is 6.96. The van der Waals surface area contributed by atoms with Crippen LogP contribution >= 0.6 is 0 Å². The molecule has 2 unspecified atom stereocenters. The number of aliphatic hydroxyl groups is 2. The molecule has 1 aliphatic heterocycles. The largest absolute Gasteiger partial charge is 0.469 e. The highest BCUT2D eigenvalue weighted by molar-refractivity contribution is 5.69. The molecule has 0 aromatic heterocycles. The van der Waals surface area contributed by atoms with E-state index >= 15 is 0 Å². The number of allylic oxidation sites excluding steroid dienone is 2. The molecule has 0 saturated carbocycles. The van der Waals surface area contributed by atoms with Crippen LogP contribution in [0.2, 0.25) is 0 Å². The lowest BCUT2D eigenvalue weighted by atomic mass is 10.0.